The number of methoxy groups -OCH3 is 1. The van der Waals surface area contributed by atoms with Gasteiger partial charge < -0.3 is 14.0 Å². The Kier molecular flexibility index (Phi) is 6.48. The lowest BCUT2D eigenvalue weighted by atomic mass is 10.00. The molecule has 0 saturated carbocycles. The quantitative estimate of drug-likeness (QED) is 0.529. The van der Waals surface area contributed by atoms with E-state index >= 15 is 0 Å². The summed E-state index contributed by atoms with van der Waals surface area (Å²) >= 11 is 0. The maximum Gasteiger partial charge on any atom is 0.243 e. The molecule has 0 spiro atoms. The molecule has 9 heteroatoms. The Morgan fingerprint density at radius 1 is 1.16 bits per heavy atom. The molecule has 1 aliphatic rings. The Morgan fingerprint density at radius 2 is 1.94 bits per heavy atom. The average Bonchev–Trinajstić information content (AvgIpc) is 3.30. The summed E-state index contributed by atoms with van der Waals surface area (Å²) < 4.78 is 44.2. The molecule has 2 heterocycles. The Balaban J connectivity index is 1.54. The van der Waals surface area contributed by atoms with Crippen LogP contribution in [-0.2, 0) is 10.0 Å². The summed E-state index contributed by atoms with van der Waals surface area (Å²) in [6.07, 6.45) is 1.51. The van der Waals surface area contributed by atoms with Crippen LogP contribution in [-0.4, -0.2) is 49.7 Å². The third-order valence-electron chi connectivity index (χ3n) is 5.56. The molecule has 1 atom stereocenters. The van der Waals surface area contributed by atoms with Gasteiger partial charge in [0.05, 0.1) is 24.5 Å². The van der Waals surface area contributed by atoms with Crippen LogP contribution < -0.4 is 9.47 Å². The van der Waals surface area contributed by atoms with E-state index in [2.05, 4.69) is 10.1 Å². The lowest BCUT2D eigenvalue weighted by molar-refractivity contribution is 0.265. The number of hydrogen-bond donors (Lipinski definition) is 0. The van der Waals surface area contributed by atoms with E-state index in [-0.39, 0.29) is 5.92 Å². The lowest BCUT2D eigenvalue weighted by Crippen LogP contribution is -2.39. The minimum absolute atomic E-state index is 0.158. The van der Waals surface area contributed by atoms with Crippen LogP contribution in [0.15, 0.2) is 51.9 Å². The number of hydrogen-bond acceptors (Lipinski definition) is 7. The summed E-state index contributed by atoms with van der Waals surface area (Å²) in [7, 11) is -1.99. The van der Waals surface area contributed by atoms with Gasteiger partial charge in [0.25, 0.3) is 0 Å². The van der Waals surface area contributed by atoms with Crippen LogP contribution in [0.1, 0.15) is 37.1 Å². The van der Waals surface area contributed by atoms with Crippen molar-refractivity contribution in [3.63, 3.8) is 0 Å². The molecular formula is C23H27N3O5S. The normalized spacial score (nSPS) is 17.3. The van der Waals surface area contributed by atoms with E-state index in [0.717, 1.165) is 24.0 Å². The molecule has 1 aromatic heterocycles. The van der Waals surface area contributed by atoms with Crippen molar-refractivity contribution < 1.29 is 22.4 Å². The third kappa shape index (κ3) is 4.49. The first-order valence-corrected chi connectivity index (χ1v) is 12.1. The first-order chi connectivity index (χ1) is 15.4. The van der Waals surface area contributed by atoms with E-state index in [1.54, 1.807) is 25.3 Å². The molecule has 1 aliphatic heterocycles. The van der Waals surface area contributed by atoms with Crippen LogP contribution in [0.5, 0.6) is 11.5 Å². The fraction of sp³-hybridized carbons (Fsp3) is 0.391. The van der Waals surface area contributed by atoms with Crippen molar-refractivity contribution >= 4 is 10.0 Å². The molecule has 0 amide bonds. The summed E-state index contributed by atoms with van der Waals surface area (Å²) in [5.74, 6) is 1.95. The minimum Gasteiger partial charge on any atom is -0.493 e. The molecule has 1 saturated heterocycles. The van der Waals surface area contributed by atoms with Gasteiger partial charge in [0, 0.05) is 18.7 Å². The van der Waals surface area contributed by atoms with E-state index in [9.17, 15) is 8.42 Å². The zero-order chi connectivity index (χ0) is 22.7. The molecule has 3 aromatic rings. The molecule has 32 heavy (non-hydrogen) atoms. The van der Waals surface area contributed by atoms with Crippen molar-refractivity contribution in [2.75, 3.05) is 26.8 Å². The maximum absolute atomic E-state index is 13.1. The molecule has 4 rings (SSSR count). The molecule has 1 fully saturated rings. The Bertz CT molecular complexity index is 1170. The number of aryl methyl sites for hydroxylation is 1. The van der Waals surface area contributed by atoms with Gasteiger partial charge in [-0.2, -0.15) is 9.29 Å². The molecule has 170 valence electrons. The first-order valence-electron chi connectivity index (χ1n) is 10.6. The van der Waals surface area contributed by atoms with Crippen LogP contribution in [0.2, 0.25) is 0 Å². The van der Waals surface area contributed by atoms with E-state index in [4.69, 9.17) is 14.0 Å². The molecule has 2 aromatic carbocycles. The lowest BCUT2D eigenvalue weighted by Gasteiger charge is -2.30. The van der Waals surface area contributed by atoms with Crippen LogP contribution in [0, 0.1) is 6.92 Å². The molecule has 1 unspecified atom stereocenters. The number of piperidine rings is 1. The van der Waals surface area contributed by atoms with Crippen LogP contribution in [0.25, 0.3) is 11.4 Å². The second-order valence-electron chi connectivity index (χ2n) is 7.77. The van der Waals surface area contributed by atoms with Crippen molar-refractivity contribution in [3.05, 3.63) is 53.9 Å². The number of benzene rings is 2. The van der Waals surface area contributed by atoms with Gasteiger partial charge in [0.15, 0.2) is 11.5 Å². The molecular weight excluding hydrogens is 430 g/mol. The van der Waals surface area contributed by atoms with Crippen molar-refractivity contribution in [1.29, 1.82) is 0 Å². The van der Waals surface area contributed by atoms with Gasteiger partial charge in [-0.3, -0.25) is 0 Å². The predicted octanol–water partition coefficient (Wildman–Crippen LogP) is 4.02. The Labute approximate surface area is 188 Å². The Morgan fingerprint density at radius 3 is 2.66 bits per heavy atom. The minimum atomic E-state index is -3.57. The number of nitrogens with zero attached hydrogens (tertiary/aromatic N) is 3. The van der Waals surface area contributed by atoms with Gasteiger partial charge in [-0.15, -0.1) is 0 Å². The standard InChI is InChI=1S/C23H27N3O5S/c1-4-30-20-12-9-17(14-21(20)29-3)22-24-23(31-25-22)18-6-5-13-26(15-18)32(27,28)19-10-7-16(2)8-11-19/h7-12,14,18H,4-6,13,15H2,1-3H3. The Hall–Kier alpha value is -2.91. The van der Waals surface area contributed by atoms with Crippen molar-refractivity contribution in [2.45, 2.75) is 37.5 Å². The van der Waals surface area contributed by atoms with Gasteiger partial charge in [0.1, 0.15) is 0 Å². The fourth-order valence-corrected chi connectivity index (χ4v) is 5.35. The highest BCUT2D eigenvalue weighted by molar-refractivity contribution is 7.89. The summed E-state index contributed by atoms with van der Waals surface area (Å²) in [5, 5.41) is 4.12. The van der Waals surface area contributed by atoms with Crippen molar-refractivity contribution in [1.82, 2.24) is 14.4 Å². The highest BCUT2D eigenvalue weighted by atomic mass is 32.2. The van der Waals surface area contributed by atoms with Gasteiger partial charge in [-0.05, 0) is 57.0 Å². The largest absolute Gasteiger partial charge is 0.493 e. The number of ether oxygens (including phenoxy) is 2. The average molecular weight is 458 g/mol. The second kappa shape index (κ2) is 9.30. The topological polar surface area (TPSA) is 94.8 Å². The highest BCUT2D eigenvalue weighted by Crippen LogP contribution is 2.34. The third-order valence-corrected chi connectivity index (χ3v) is 7.43. The monoisotopic (exact) mass is 457 g/mol. The smallest absolute Gasteiger partial charge is 0.243 e. The van der Waals surface area contributed by atoms with Crippen molar-refractivity contribution in [2.24, 2.45) is 0 Å². The van der Waals surface area contributed by atoms with Gasteiger partial charge in [-0.1, -0.05) is 22.9 Å². The second-order valence-corrected chi connectivity index (χ2v) is 9.71. The van der Waals surface area contributed by atoms with E-state index in [1.807, 2.05) is 38.1 Å². The van der Waals surface area contributed by atoms with E-state index < -0.39 is 10.0 Å². The fourth-order valence-electron chi connectivity index (χ4n) is 3.82. The maximum atomic E-state index is 13.1. The molecule has 0 bridgehead atoms. The highest BCUT2D eigenvalue weighted by Gasteiger charge is 2.33. The summed E-state index contributed by atoms with van der Waals surface area (Å²) in [4.78, 5) is 4.86. The van der Waals surface area contributed by atoms with Gasteiger partial charge in [-0.25, -0.2) is 8.42 Å². The van der Waals surface area contributed by atoms with Crippen molar-refractivity contribution in [3.8, 4) is 22.9 Å². The number of rotatable bonds is 7. The van der Waals surface area contributed by atoms with Crippen LogP contribution in [0.3, 0.4) is 0 Å². The van der Waals surface area contributed by atoms with Gasteiger partial charge in [0.2, 0.25) is 21.7 Å². The molecule has 0 radical (unpaired) electrons. The predicted molar refractivity (Wildman–Crippen MR) is 119 cm³/mol. The summed E-state index contributed by atoms with van der Waals surface area (Å²) in [6, 6.07) is 12.4. The molecule has 8 nitrogen and oxygen atoms in total. The van der Waals surface area contributed by atoms with E-state index in [1.165, 1.54) is 4.31 Å². The first kappa shape index (κ1) is 22.3. The van der Waals surface area contributed by atoms with Crippen LogP contribution >= 0.6 is 0 Å². The number of aromatic nitrogens is 2. The molecule has 0 aliphatic carbocycles. The van der Waals surface area contributed by atoms with Gasteiger partial charge >= 0.3 is 0 Å². The summed E-state index contributed by atoms with van der Waals surface area (Å²) in [5.41, 5.74) is 1.75. The number of sulfonamides is 1. The summed E-state index contributed by atoms with van der Waals surface area (Å²) in [6.45, 7) is 5.16. The van der Waals surface area contributed by atoms with E-state index in [0.29, 0.717) is 47.8 Å². The zero-order valence-electron chi connectivity index (χ0n) is 18.4. The SMILES string of the molecule is CCOc1ccc(-c2noc(C3CCCN(S(=O)(=O)c4ccc(C)cc4)C3)n2)cc1OC. The zero-order valence-corrected chi connectivity index (χ0v) is 19.3. The molecule has 0 N–H and O–H groups in total. The van der Waals surface area contributed by atoms with Crippen LogP contribution in [0.4, 0.5) is 0 Å².